The maximum absolute atomic E-state index is 14.1. The molecule has 0 spiro atoms. The number of fused-ring (bicyclic) bond motifs is 9. The molecule has 144 heavy (non-hydrogen) atoms. The first-order chi connectivity index (χ1) is 66.7. The van der Waals surface area contributed by atoms with Crippen molar-refractivity contribution in [1.29, 1.82) is 0 Å². The van der Waals surface area contributed by atoms with Gasteiger partial charge in [-0.25, -0.2) is 81.0 Å². The molecule has 5 aliphatic rings. The van der Waals surface area contributed by atoms with Crippen LogP contribution < -0.4 is 77.2 Å². The Morgan fingerprint density at radius 2 is 0.625 bits per heavy atom. The van der Waals surface area contributed by atoms with Crippen molar-refractivity contribution in [3.63, 3.8) is 0 Å². The molecule has 0 saturated carbocycles. The Labute approximate surface area is 877 Å². The van der Waals surface area contributed by atoms with Crippen LogP contribution in [0.15, 0.2) is 73.3 Å². The van der Waals surface area contributed by atoms with Crippen LogP contribution in [-0.4, -0.2) is 298 Å². The zero-order valence-electron chi connectivity index (χ0n) is 85.4. The third-order valence-electron chi connectivity index (χ3n) is 21.7. The van der Waals surface area contributed by atoms with E-state index in [1.807, 2.05) is 127 Å². The Morgan fingerprint density at radius 1 is 0.368 bits per heavy atom. The molecule has 49 heteroatoms. The molecule has 0 atom stereocenters. The molecule has 12 heterocycles. The molecule has 4 amide bonds. The molecule has 5 saturated heterocycles. The summed E-state index contributed by atoms with van der Waals surface area (Å²) >= 11 is 17.6. The van der Waals surface area contributed by atoms with E-state index in [1.54, 1.807) is 97.2 Å². The Balaban J connectivity index is 0.000000232. The molecule has 5 aromatic carbocycles. The first-order valence-corrected chi connectivity index (χ1v) is 47.5. The van der Waals surface area contributed by atoms with E-state index < -0.39 is 23.3 Å². The number of carbonyl (C=O) groups excluding carboxylic acids is 4. The summed E-state index contributed by atoms with van der Waals surface area (Å²) in [5.41, 5.74) is 14.4. The first-order valence-electron chi connectivity index (χ1n) is 46.4. The van der Waals surface area contributed by atoms with Gasteiger partial charge in [0.05, 0.1) is 60.9 Å². The SMILES string of the molecule is CC(C)(C)OC(=O)N1CCNCC1.CCOC(OCC)OCC.Cc1cc2c(cc1F)nc(N1CCN(C(=O)OC(C)(C)C)CC1)c1nncn12.Cc1cc2c(cc1F)nc(N1CCNCC1)c1nncn12.Cc1cc2nc(CN)c(N3CCN(C(=O)OC(C)(C)C)CC3)nc2cc1F.Cc1cc2nc(Cl)c(Cl)nc2cc1F.Cc1cc2nc(Cl)c(N3CCN(C(=O)OC(C)(C)C)CC3)nc2cc1F.Cl.NN.[Na+].[OH-]. The number of carbonyl (C=O) groups is 4. The summed E-state index contributed by atoms with van der Waals surface area (Å²) in [6.07, 6.45) is 2.10. The zero-order valence-corrected chi connectivity index (χ0v) is 90.5. The fourth-order valence-electron chi connectivity index (χ4n) is 14.7. The minimum absolute atomic E-state index is 0. The van der Waals surface area contributed by atoms with Crippen molar-refractivity contribution in [3.05, 3.63) is 151 Å². The summed E-state index contributed by atoms with van der Waals surface area (Å²) in [7, 11) is 0. The van der Waals surface area contributed by atoms with Crippen LogP contribution in [0.1, 0.15) is 137 Å². The number of nitrogens with one attached hydrogen (secondary N) is 2. The van der Waals surface area contributed by atoms with Gasteiger partial charge in [0.2, 0.25) is 11.3 Å². The number of piperazine rings is 5. The largest absolute Gasteiger partial charge is 1.00 e. The van der Waals surface area contributed by atoms with Crippen molar-refractivity contribution in [2.45, 2.75) is 174 Å². The average Bonchev–Trinajstić information content (AvgIpc) is 1.53. The summed E-state index contributed by atoms with van der Waals surface area (Å²) in [5.74, 6) is 9.06. The van der Waals surface area contributed by atoms with Gasteiger partial charge in [-0.3, -0.25) is 20.5 Å². The van der Waals surface area contributed by atoms with Crippen molar-refractivity contribution in [2.24, 2.45) is 17.4 Å². The second-order valence-corrected chi connectivity index (χ2v) is 38.3. The number of aromatic nitrogens is 14. The number of hydrazine groups is 1. The van der Waals surface area contributed by atoms with E-state index in [0.717, 1.165) is 74.9 Å². The van der Waals surface area contributed by atoms with E-state index >= 15 is 0 Å². The second kappa shape index (κ2) is 54.2. The summed E-state index contributed by atoms with van der Waals surface area (Å²) in [6, 6.07) is 15.4. The molecule has 9 N–H and O–H groups in total. The molecule has 5 fully saturated rings. The minimum atomic E-state index is -0.524. The Kier molecular flexibility index (Phi) is 45.3. The third-order valence-corrected chi connectivity index (χ3v) is 22.6. The van der Waals surface area contributed by atoms with E-state index in [9.17, 15) is 41.1 Å². The normalized spacial score (nSPS) is 14.5. The molecule has 39 nitrogen and oxygen atoms in total. The maximum Gasteiger partial charge on any atom is 1.00 e. The van der Waals surface area contributed by atoms with Crippen LogP contribution in [0.2, 0.25) is 15.5 Å². The Hall–Kier alpha value is -10.5. The topological polar surface area (TPSA) is 454 Å². The third kappa shape index (κ3) is 33.5. The summed E-state index contributed by atoms with van der Waals surface area (Å²) < 4.78 is 109. The van der Waals surface area contributed by atoms with E-state index in [-0.39, 0.29) is 129 Å². The van der Waals surface area contributed by atoms with Gasteiger partial charge in [-0.1, -0.05) is 34.8 Å². The van der Waals surface area contributed by atoms with Gasteiger partial charge in [0.15, 0.2) is 38.7 Å². The predicted molar refractivity (Wildman–Crippen MR) is 544 cm³/mol. The molecule has 0 unspecified atom stereocenters. The van der Waals surface area contributed by atoms with Crippen LogP contribution in [0.5, 0.6) is 0 Å². The average molecular weight is 2100 g/mol. The molecule has 12 aromatic rings. The van der Waals surface area contributed by atoms with Gasteiger partial charge < -0.3 is 94.2 Å². The van der Waals surface area contributed by atoms with E-state index in [1.165, 1.54) is 30.3 Å². The zero-order chi connectivity index (χ0) is 103. The number of halogens is 9. The van der Waals surface area contributed by atoms with Crippen LogP contribution in [-0.2, 0) is 39.7 Å². The van der Waals surface area contributed by atoms with E-state index in [4.69, 9.17) is 73.7 Å². The fraction of sp³-hybridized carbons (Fsp3) is 0.516. The van der Waals surface area contributed by atoms with Gasteiger partial charge in [-0.15, -0.1) is 32.8 Å². The number of benzene rings is 5. The van der Waals surface area contributed by atoms with Crippen LogP contribution >= 0.6 is 47.2 Å². The number of hydrogen-bond acceptors (Lipinski definition) is 33. The van der Waals surface area contributed by atoms with Gasteiger partial charge in [0.1, 0.15) is 64.1 Å². The molecule has 5 aliphatic heterocycles. The first kappa shape index (κ1) is 120. The number of ether oxygens (including phenoxy) is 7. The number of nitrogens with zero attached hydrogens (tertiary/aromatic N) is 22. The molecule has 17 rings (SSSR count). The molecule has 0 bridgehead atoms. The molecular weight excluding hydrogens is 1970 g/mol. The number of aryl methyl sites for hydroxylation is 5. The van der Waals surface area contributed by atoms with Crippen molar-refractivity contribution in [1.82, 2.24) is 99.3 Å². The van der Waals surface area contributed by atoms with Crippen LogP contribution in [0.3, 0.4) is 0 Å². The standard InChI is InChI=1S/C19H23FN6O2.C19H26FN5O2.C18H22ClFN4O2.C14H15FN6.C9H5Cl2FN2.C9H18N2O2.C7H16O3.ClH.H4N2.Na.H2O/c1-12-9-15-14(10-13(12)20)22-16(17-23-21-11-26(15)17)24-5-7-25(8-6-24)18(27)28-19(2,3)4;1-12-9-14-15(10-13(12)20)23-17(16(11-21)22-14)24-5-7-25(8-6-24)18(26)27-19(2,3)4;1-11-9-13-14(10-12(11)20)22-16(15(19)21-13)23-5-7-24(8-6-23)17(25)26-18(2,3)4;1-9-6-12-11(7-10(9)15)18-13(14-19-17-8-21(12)14)20-4-2-16-3-5-20;1-4-2-6-7(3-5(4)12)14-9(11)8(10)13-6;1-9(2,3)13-8(12)11-6-4-10-5-7-11;1-4-8-7(9-5-2)10-6-3;;1-2;;/h9-11H,5-8H2,1-4H3;9-10H,5-8,11,21H2,1-4H3;9-10H,5-8H2,1-4H3;6-8,16H,2-5H2,1H3;2-3H,1H3;10H,4-7H2,1-3H3;7H,4-6H2,1-3H3;1H;1-2H2;;1H2/q;;;;;;;;;+1;/p-1. The number of anilines is 4. The Bertz CT molecular complexity index is 6210. The van der Waals surface area contributed by atoms with Crippen molar-refractivity contribution in [2.75, 3.05) is 170 Å². The van der Waals surface area contributed by atoms with E-state index in [0.29, 0.717) is 199 Å². The number of nitrogens with two attached hydrogens (primary N) is 3. The molecule has 7 aromatic heterocycles. The van der Waals surface area contributed by atoms with Crippen molar-refractivity contribution < 1.29 is 109 Å². The molecule has 0 radical (unpaired) electrons. The second-order valence-electron chi connectivity index (χ2n) is 37.2. The molecular formula is C95H131Cl4F5N27NaO12. The van der Waals surface area contributed by atoms with Crippen LogP contribution in [0.25, 0.3) is 66.5 Å². The smallest absolute Gasteiger partial charge is 0.870 e. The summed E-state index contributed by atoms with van der Waals surface area (Å²) in [6.45, 7) is 51.3. The van der Waals surface area contributed by atoms with Gasteiger partial charge in [-0.2, -0.15) is 0 Å². The predicted octanol–water partition coefficient (Wildman–Crippen LogP) is 12.0. The van der Waals surface area contributed by atoms with Gasteiger partial charge in [0, 0.05) is 188 Å². The van der Waals surface area contributed by atoms with E-state index in [2.05, 4.69) is 87.5 Å². The molecule has 0 aliphatic carbocycles. The quantitative estimate of drug-likeness (QED) is 0.0200. The Morgan fingerprint density at radius 3 is 0.951 bits per heavy atom. The summed E-state index contributed by atoms with van der Waals surface area (Å²) in [4.78, 5) is 98.3. The number of amides is 4. The molecule has 782 valence electrons. The number of hydrogen-bond donors (Lipinski definition) is 5. The number of rotatable bonds is 11. The van der Waals surface area contributed by atoms with Crippen molar-refractivity contribution in [3.8, 4) is 0 Å². The summed E-state index contributed by atoms with van der Waals surface area (Å²) in [5, 5.41) is 23.4. The van der Waals surface area contributed by atoms with Gasteiger partial charge >= 0.3 is 53.9 Å². The van der Waals surface area contributed by atoms with Crippen LogP contribution in [0, 0.1) is 63.7 Å². The minimum Gasteiger partial charge on any atom is -0.870 e. The van der Waals surface area contributed by atoms with Crippen LogP contribution in [0.4, 0.5) is 64.4 Å². The maximum atomic E-state index is 14.1. The monoisotopic (exact) mass is 2100 g/mol. The fourth-order valence-corrected chi connectivity index (χ4v) is 15.3. The van der Waals surface area contributed by atoms with Gasteiger partial charge in [-0.05, 0) is 197 Å². The van der Waals surface area contributed by atoms with Crippen molar-refractivity contribution >= 4 is 161 Å². The van der Waals surface area contributed by atoms with Gasteiger partial charge in [0.25, 0.3) is 6.48 Å².